The predicted molar refractivity (Wildman–Crippen MR) is 119 cm³/mol. The summed E-state index contributed by atoms with van der Waals surface area (Å²) >= 11 is 0. The van der Waals surface area contributed by atoms with Crippen LogP contribution in [-0.4, -0.2) is 59.5 Å². The molecule has 2 atom stereocenters. The van der Waals surface area contributed by atoms with Crippen LogP contribution in [0.3, 0.4) is 0 Å². The van der Waals surface area contributed by atoms with Crippen LogP contribution < -0.4 is 11.0 Å². The fourth-order valence-corrected chi connectivity index (χ4v) is 4.91. The number of hydrogen-bond donors (Lipinski definition) is 3. The van der Waals surface area contributed by atoms with E-state index in [1.54, 1.807) is 21.5 Å². The first kappa shape index (κ1) is 20.3. The van der Waals surface area contributed by atoms with E-state index < -0.39 is 11.9 Å². The molecular formula is C22H24FN7O3. The highest BCUT2D eigenvalue weighted by atomic mass is 19.1. The van der Waals surface area contributed by atoms with Crippen LogP contribution in [0.15, 0.2) is 29.3 Å². The lowest BCUT2D eigenvalue weighted by molar-refractivity contribution is 0.0697. The number of aromatic nitrogens is 6. The molecule has 172 valence electrons. The zero-order chi connectivity index (χ0) is 22.5. The number of ether oxygens (including phenoxy) is 1. The summed E-state index contributed by atoms with van der Waals surface area (Å²) in [5.41, 5.74) is 1.82. The van der Waals surface area contributed by atoms with Gasteiger partial charge >= 0.3 is 5.69 Å². The van der Waals surface area contributed by atoms with Crippen molar-refractivity contribution in [1.82, 2.24) is 29.1 Å². The van der Waals surface area contributed by atoms with Crippen LogP contribution in [0.4, 0.5) is 10.2 Å². The fraction of sp³-hybridized carbons (Fsp3) is 0.455. The topological polar surface area (TPSA) is 123 Å². The molecule has 33 heavy (non-hydrogen) atoms. The Bertz CT molecular complexity index is 1390. The number of rotatable bonds is 4. The number of benzene rings is 1. The van der Waals surface area contributed by atoms with E-state index in [0.29, 0.717) is 60.5 Å². The van der Waals surface area contributed by atoms with E-state index in [9.17, 15) is 14.3 Å². The molecule has 4 aromatic rings. The summed E-state index contributed by atoms with van der Waals surface area (Å²) in [5.74, 6) is 0.311. The first-order chi connectivity index (χ1) is 16.1. The third-order valence-electron chi connectivity index (χ3n) is 6.64. The van der Waals surface area contributed by atoms with Gasteiger partial charge in [-0.15, -0.1) is 0 Å². The van der Waals surface area contributed by atoms with Crippen LogP contribution in [0.2, 0.25) is 0 Å². The molecule has 2 fully saturated rings. The molecule has 0 radical (unpaired) electrons. The maximum atomic E-state index is 14.0. The van der Waals surface area contributed by atoms with Gasteiger partial charge < -0.3 is 20.1 Å². The van der Waals surface area contributed by atoms with Gasteiger partial charge in [-0.2, -0.15) is 9.97 Å². The van der Waals surface area contributed by atoms with Gasteiger partial charge in [-0.1, -0.05) is 0 Å². The minimum atomic E-state index is -0.495. The molecule has 1 aromatic carbocycles. The van der Waals surface area contributed by atoms with Crippen molar-refractivity contribution < 1.29 is 14.2 Å². The van der Waals surface area contributed by atoms with Crippen molar-refractivity contribution in [2.45, 2.75) is 50.3 Å². The van der Waals surface area contributed by atoms with Gasteiger partial charge in [-0.3, -0.25) is 9.13 Å². The first-order valence-corrected chi connectivity index (χ1v) is 11.3. The van der Waals surface area contributed by atoms with Crippen molar-refractivity contribution in [2.24, 2.45) is 0 Å². The quantitative estimate of drug-likeness (QED) is 0.433. The van der Waals surface area contributed by atoms with Crippen molar-refractivity contribution in [2.75, 3.05) is 18.5 Å². The maximum absolute atomic E-state index is 14.0. The summed E-state index contributed by atoms with van der Waals surface area (Å²) in [5, 5.41) is 13.7. The highest BCUT2D eigenvalue weighted by molar-refractivity contribution is 5.85. The normalized spacial score (nSPS) is 21.9. The Morgan fingerprint density at radius 2 is 2.03 bits per heavy atom. The number of anilines is 1. The summed E-state index contributed by atoms with van der Waals surface area (Å²) in [6, 6.07) is 4.11. The van der Waals surface area contributed by atoms with Gasteiger partial charge in [0.25, 0.3) is 0 Å². The third kappa shape index (κ3) is 3.47. The van der Waals surface area contributed by atoms with Gasteiger partial charge in [-0.25, -0.2) is 14.2 Å². The smallest absolute Gasteiger partial charge is 0.328 e. The van der Waals surface area contributed by atoms with E-state index in [1.807, 2.05) is 0 Å². The lowest BCUT2D eigenvalue weighted by atomic mass is 10.1. The number of aromatic amines is 1. The Hall–Kier alpha value is -3.31. The number of H-pyrrole nitrogens is 1. The lowest BCUT2D eigenvalue weighted by Gasteiger charge is -2.23. The molecule has 1 saturated carbocycles. The summed E-state index contributed by atoms with van der Waals surface area (Å²) < 4.78 is 22.7. The van der Waals surface area contributed by atoms with Crippen LogP contribution in [0.5, 0.6) is 0 Å². The summed E-state index contributed by atoms with van der Waals surface area (Å²) in [6.45, 7) is 1.15. The SMILES string of the molecule is O=c1[nH]c2c(NC3CCCC3O)nc(-n3cnc4ccc(F)cc43)nc2n1C1CCOCC1. The Kier molecular flexibility index (Phi) is 4.88. The third-order valence-corrected chi connectivity index (χ3v) is 6.64. The second-order valence-electron chi connectivity index (χ2n) is 8.71. The number of hydrogen-bond acceptors (Lipinski definition) is 7. The minimum absolute atomic E-state index is 0.0513. The highest BCUT2D eigenvalue weighted by Crippen LogP contribution is 2.29. The van der Waals surface area contributed by atoms with Gasteiger partial charge in [-0.05, 0) is 44.2 Å². The number of aliphatic hydroxyl groups is 1. The van der Waals surface area contributed by atoms with Crippen LogP contribution in [0.25, 0.3) is 28.1 Å². The molecule has 11 heteroatoms. The van der Waals surface area contributed by atoms with Crippen LogP contribution in [0, 0.1) is 5.82 Å². The number of halogens is 1. The first-order valence-electron chi connectivity index (χ1n) is 11.3. The van der Waals surface area contributed by atoms with Crippen molar-refractivity contribution in [1.29, 1.82) is 0 Å². The van der Waals surface area contributed by atoms with Gasteiger partial charge in [0.1, 0.15) is 17.7 Å². The van der Waals surface area contributed by atoms with Gasteiger partial charge in [0.15, 0.2) is 11.5 Å². The molecule has 3 N–H and O–H groups in total. The second-order valence-corrected chi connectivity index (χ2v) is 8.71. The van der Waals surface area contributed by atoms with E-state index >= 15 is 0 Å². The molecule has 0 amide bonds. The Balaban J connectivity index is 1.55. The second kappa shape index (κ2) is 7.92. The van der Waals surface area contributed by atoms with Crippen molar-refractivity contribution in [3.63, 3.8) is 0 Å². The molecule has 2 aliphatic rings. The van der Waals surface area contributed by atoms with E-state index in [1.165, 1.54) is 12.1 Å². The van der Waals surface area contributed by atoms with E-state index in [4.69, 9.17) is 9.72 Å². The average molecular weight is 453 g/mol. The summed E-state index contributed by atoms with van der Waals surface area (Å²) in [6.07, 6.45) is 4.88. The Morgan fingerprint density at radius 1 is 1.18 bits per heavy atom. The van der Waals surface area contributed by atoms with Crippen LogP contribution >= 0.6 is 0 Å². The molecule has 3 aromatic heterocycles. The van der Waals surface area contributed by atoms with Gasteiger partial charge in [0.05, 0.1) is 23.2 Å². The monoisotopic (exact) mass is 453 g/mol. The molecule has 1 saturated heterocycles. The number of nitrogens with zero attached hydrogens (tertiary/aromatic N) is 5. The number of fused-ring (bicyclic) bond motifs is 2. The fourth-order valence-electron chi connectivity index (χ4n) is 4.91. The number of aliphatic hydroxyl groups excluding tert-OH is 1. The van der Waals surface area contributed by atoms with Crippen molar-refractivity contribution in [3.8, 4) is 5.95 Å². The Morgan fingerprint density at radius 3 is 2.82 bits per heavy atom. The molecule has 0 bridgehead atoms. The van der Waals surface area contributed by atoms with Crippen molar-refractivity contribution in [3.05, 3.63) is 40.8 Å². The molecular weight excluding hydrogens is 429 g/mol. The largest absolute Gasteiger partial charge is 0.391 e. The molecule has 2 unspecified atom stereocenters. The Labute approximate surface area is 187 Å². The van der Waals surface area contributed by atoms with Gasteiger partial charge in [0, 0.05) is 25.3 Å². The van der Waals surface area contributed by atoms with Crippen molar-refractivity contribution >= 4 is 28.0 Å². The molecule has 0 spiro atoms. The molecule has 6 rings (SSSR count). The summed E-state index contributed by atoms with van der Waals surface area (Å²) in [7, 11) is 0. The standard InChI is InChI=1S/C22H24FN7O3/c23-12-4-5-14-16(10-12)29(11-24-14)21-27-19(25-15-2-1-3-17(15)31)18-20(28-21)30(22(32)26-18)13-6-8-33-9-7-13/h4-5,10-11,13,15,17,31H,1-3,6-9H2,(H,26,32)(H,25,27,28). The van der Waals surface area contributed by atoms with E-state index in [-0.39, 0.29) is 23.7 Å². The van der Waals surface area contributed by atoms with Crippen LogP contribution in [-0.2, 0) is 4.74 Å². The zero-order valence-corrected chi connectivity index (χ0v) is 17.9. The molecule has 4 heterocycles. The highest BCUT2D eigenvalue weighted by Gasteiger charge is 2.29. The summed E-state index contributed by atoms with van der Waals surface area (Å²) in [4.78, 5) is 29.7. The lowest BCUT2D eigenvalue weighted by Crippen LogP contribution is -2.29. The maximum Gasteiger partial charge on any atom is 0.328 e. The average Bonchev–Trinajstić information content (AvgIpc) is 3.50. The van der Waals surface area contributed by atoms with E-state index in [2.05, 4.69) is 20.3 Å². The molecule has 1 aliphatic carbocycles. The molecule has 10 nitrogen and oxygen atoms in total. The van der Waals surface area contributed by atoms with Gasteiger partial charge in [0.2, 0.25) is 5.95 Å². The van der Waals surface area contributed by atoms with Crippen LogP contribution in [0.1, 0.15) is 38.1 Å². The zero-order valence-electron chi connectivity index (χ0n) is 17.9. The predicted octanol–water partition coefficient (Wildman–Crippen LogP) is 2.27. The minimum Gasteiger partial charge on any atom is -0.391 e. The van der Waals surface area contributed by atoms with E-state index in [0.717, 1.165) is 12.8 Å². The number of nitrogens with one attached hydrogen (secondary N) is 2. The number of imidazole rings is 2. The molecule has 1 aliphatic heterocycles.